The largest absolute Gasteiger partial charge is 0.454 e. The fourth-order valence-electron chi connectivity index (χ4n) is 5.41. The van der Waals surface area contributed by atoms with E-state index >= 15 is 0 Å². The Hall–Kier alpha value is -4.40. The Morgan fingerprint density at radius 3 is 1.95 bits per heavy atom. The highest BCUT2D eigenvalue weighted by Crippen LogP contribution is 2.48. The predicted molar refractivity (Wildman–Crippen MR) is 155 cm³/mol. The highest BCUT2D eigenvalue weighted by Gasteiger charge is 2.26. The summed E-state index contributed by atoms with van der Waals surface area (Å²) in [7, 11) is 0. The van der Waals surface area contributed by atoms with Crippen LogP contribution in [0.25, 0.3) is 43.9 Å². The number of anilines is 5. The second-order valence-corrected chi connectivity index (χ2v) is 9.58. The number of benzene rings is 4. The fraction of sp³-hybridized carbons (Fsp3) is 0.200. The molecular formula is C30H30N4O4. The van der Waals surface area contributed by atoms with Gasteiger partial charge in [-0.25, -0.2) is 0 Å². The Morgan fingerprint density at radius 1 is 0.789 bits per heavy atom. The molecule has 0 aliphatic carbocycles. The van der Waals surface area contributed by atoms with Crippen molar-refractivity contribution in [3.63, 3.8) is 0 Å². The molecule has 0 aliphatic heterocycles. The van der Waals surface area contributed by atoms with Gasteiger partial charge in [0.2, 0.25) is 0 Å². The van der Waals surface area contributed by atoms with Crippen molar-refractivity contribution in [3.05, 3.63) is 65.7 Å². The summed E-state index contributed by atoms with van der Waals surface area (Å²) in [6.07, 6.45) is 0. The van der Waals surface area contributed by atoms with Gasteiger partial charge in [-0.2, -0.15) is 0 Å². The molecule has 6 aromatic rings. The van der Waals surface area contributed by atoms with Gasteiger partial charge in [0.1, 0.15) is 16.9 Å². The molecule has 7 N–H and O–H groups in total. The normalized spacial score (nSPS) is 11.8. The number of aryl methyl sites for hydroxylation is 1. The van der Waals surface area contributed by atoms with E-state index in [1.807, 2.05) is 73.3 Å². The van der Waals surface area contributed by atoms with E-state index in [2.05, 4.69) is 5.32 Å². The number of nitrogens with two attached hydrogens (primary N) is 2. The summed E-state index contributed by atoms with van der Waals surface area (Å²) in [4.78, 5) is 1.92. The molecule has 194 valence electrons. The van der Waals surface area contributed by atoms with E-state index in [0.717, 1.165) is 43.9 Å². The lowest BCUT2D eigenvalue weighted by molar-refractivity contribution is 0.281. The molecule has 0 atom stereocenters. The van der Waals surface area contributed by atoms with Crippen LogP contribution in [0, 0.1) is 13.8 Å². The van der Waals surface area contributed by atoms with Gasteiger partial charge < -0.3 is 40.7 Å². The molecule has 8 nitrogen and oxygen atoms in total. The molecule has 8 heteroatoms. The Morgan fingerprint density at radius 2 is 1.34 bits per heavy atom. The molecule has 0 aliphatic rings. The van der Waals surface area contributed by atoms with Crippen LogP contribution in [-0.4, -0.2) is 36.5 Å². The first-order chi connectivity index (χ1) is 18.4. The molecule has 0 spiro atoms. The Balaban J connectivity index is 1.67. The minimum atomic E-state index is -0.0978. The monoisotopic (exact) mass is 510 g/mol. The summed E-state index contributed by atoms with van der Waals surface area (Å²) in [5.41, 5.74) is 21.1. The van der Waals surface area contributed by atoms with Crippen molar-refractivity contribution in [1.29, 1.82) is 0 Å². The van der Waals surface area contributed by atoms with Crippen molar-refractivity contribution in [3.8, 4) is 0 Å². The molecule has 0 amide bonds. The first kappa shape index (κ1) is 24.0. The zero-order valence-corrected chi connectivity index (χ0v) is 21.3. The third-order valence-electron chi connectivity index (χ3n) is 7.31. The number of aliphatic hydroxyl groups excluding tert-OH is 2. The molecule has 0 radical (unpaired) electrons. The number of aliphatic hydroxyl groups is 2. The molecule has 38 heavy (non-hydrogen) atoms. The first-order valence-electron chi connectivity index (χ1n) is 12.6. The Bertz CT molecular complexity index is 1830. The van der Waals surface area contributed by atoms with Gasteiger partial charge in [0.15, 0.2) is 11.2 Å². The zero-order valence-electron chi connectivity index (χ0n) is 21.3. The fourth-order valence-corrected chi connectivity index (χ4v) is 5.41. The van der Waals surface area contributed by atoms with Gasteiger partial charge in [-0.05, 0) is 43.2 Å². The van der Waals surface area contributed by atoms with Crippen LogP contribution in [0.15, 0.2) is 63.4 Å². The maximum Gasteiger partial charge on any atom is 0.162 e. The van der Waals surface area contributed by atoms with Crippen LogP contribution in [-0.2, 0) is 0 Å². The minimum Gasteiger partial charge on any atom is -0.454 e. The number of furan rings is 2. The van der Waals surface area contributed by atoms with Crippen LogP contribution in [0.2, 0.25) is 0 Å². The second-order valence-electron chi connectivity index (χ2n) is 9.58. The molecular weight excluding hydrogens is 480 g/mol. The van der Waals surface area contributed by atoms with E-state index in [0.29, 0.717) is 52.6 Å². The van der Waals surface area contributed by atoms with Crippen LogP contribution in [0.4, 0.5) is 28.4 Å². The number of para-hydroxylation sites is 2. The molecule has 0 bridgehead atoms. The van der Waals surface area contributed by atoms with Gasteiger partial charge in [-0.15, -0.1) is 0 Å². The van der Waals surface area contributed by atoms with Gasteiger partial charge in [0, 0.05) is 35.2 Å². The third-order valence-corrected chi connectivity index (χ3v) is 7.31. The third kappa shape index (κ3) is 3.53. The predicted octanol–water partition coefficient (Wildman–Crippen LogP) is 5.80. The Kier molecular flexibility index (Phi) is 5.78. The van der Waals surface area contributed by atoms with Gasteiger partial charge in [-0.1, -0.05) is 36.4 Å². The summed E-state index contributed by atoms with van der Waals surface area (Å²) in [6.45, 7) is 4.32. The molecule has 0 saturated heterocycles. The van der Waals surface area contributed by atoms with Gasteiger partial charge in [0.05, 0.1) is 35.4 Å². The van der Waals surface area contributed by atoms with Gasteiger partial charge in [0.25, 0.3) is 0 Å². The minimum absolute atomic E-state index is 0.0978. The highest BCUT2D eigenvalue weighted by atomic mass is 16.3. The van der Waals surface area contributed by atoms with E-state index in [1.165, 1.54) is 0 Å². The zero-order chi connectivity index (χ0) is 26.6. The number of hydrogen-bond acceptors (Lipinski definition) is 8. The number of hydrogen-bond donors (Lipinski definition) is 5. The lowest BCUT2D eigenvalue weighted by Gasteiger charge is -2.28. The van der Waals surface area contributed by atoms with Crippen molar-refractivity contribution in [1.82, 2.24) is 0 Å². The van der Waals surface area contributed by atoms with E-state index in [1.54, 1.807) is 0 Å². The average molecular weight is 511 g/mol. The van der Waals surface area contributed by atoms with Crippen molar-refractivity contribution in [2.45, 2.75) is 13.8 Å². The summed E-state index contributed by atoms with van der Waals surface area (Å²) in [6, 6.07) is 17.5. The lowest BCUT2D eigenvalue weighted by Crippen LogP contribution is -2.30. The van der Waals surface area contributed by atoms with Crippen molar-refractivity contribution < 1.29 is 19.0 Å². The topological polar surface area (TPSA) is 134 Å². The van der Waals surface area contributed by atoms with E-state index < -0.39 is 0 Å². The van der Waals surface area contributed by atoms with Crippen LogP contribution in [0.3, 0.4) is 0 Å². The first-order valence-corrected chi connectivity index (χ1v) is 12.6. The summed E-state index contributed by atoms with van der Waals surface area (Å²) in [5.74, 6) is 0. The maximum atomic E-state index is 9.90. The smallest absolute Gasteiger partial charge is 0.162 e. The number of nitrogens with one attached hydrogen (secondary N) is 1. The number of rotatable bonds is 7. The van der Waals surface area contributed by atoms with Crippen molar-refractivity contribution >= 4 is 72.3 Å². The van der Waals surface area contributed by atoms with E-state index in [-0.39, 0.29) is 13.2 Å². The standard InChI is InChI=1S/C30H30N4O4/c1-16-15-20(29-23(25(16)31)18-7-3-5-9-21(18)37-29)33-27-17(2)26(32)24-19-8-4-6-10-22(19)38-30(24)28(27)34(11-13-35)12-14-36/h3-10,15,33,35-36H,11-14,31-32H2,1-2H3. The summed E-state index contributed by atoms with van der Waals surface area (Å²) in [5, 5.41) is 26.9. The highest BCUT2D eigenvalue weighted by molar-refractivity contribution is 6.20. The van der Waals surface area contributed by atoms with Crippen LogP contribution in [0.5, 0.6) is 0 Å². The lowest BCUT2D eigenvalue weighted by atomic mass is 10.0. The number of fused-ring (bicyclic) bond motifs is 6. The van der Waals surface area contributed by atoms with Crippen LogP contribution in [0.1, 0.15) is 11.1 Å². The quantitative estimate of drug-likeness (QED) is 0.170. The SMILES string of the molecule is Cc1cc(Nc2c(C)c(N)c3c(oc4ccccc43)c2N(CCO)CCO)c2oc3ccccc3c2c1N. The molecule has 0 unspecified atom stereocenters. The van der Waals surface area contributed by atoms with Crippen LogP contribution >= 0.6 is 0 Å². The molecule has 0 fully saturated rings. The summed E-state index contributed by atoms with van der Waals surface area (Å²) < 4.78 is 12.7. The Labute approximate surface area is 219 Å². The second kappa shape index (κ2) is 9.16. The molecule has 0 saturated carbocycles. The van der Waals surface area contributed by atoms with Gasteiger partial charge >= 0.3 is 0 Å². The van der Waals surface area contributed by atoms with Gasteiger partial charge in [-0.3, -0.25) is 0 Å². The maximum absolute atomic E-state index is 9.90. The molecule has 4 aromatic carbocycles. The number of nitrogens with zero attached hydrogens (tertiary/aromatic N) is 1. The molecule has 2 aromatic heterocycles. The van der Waals surface area contributed by atoms with Crippen LogP contribution < -0.4 is 21.7 Å². The molecule has 2 heterocycles. The molecule has 6 rings (SSSR count). The van der Waals surface area contributed by atoms with E-state index in [4.69, 9.17) is 20.3 Å². The average Bonchev–Trinajstić information content (AvgIpc) is 3.49. The van der Waals surface area contributed by atoms with Crippen molar-refractivity contribution in [2.24, 2.45) is 0 Å². The van der Waals surface area contributed by atoms with Crippen molar-refractivity contribution in [2.75, 3.05) is 48.0 Å². The van der Waals surface area contributed by atoms with E-state index in [9.17, 15) is 10.2 Å². The number of nitrogen functional groups attached to an aromatic ring is 2. The summed E-state index contributed by atoms with van der Waals surface area (Å²) >= 11 is 0.